The molecule has 0 radical (unpaired) electrons. The van der Waals surface area contributed by atoms with Gasteiger partial charge >= 0.3 is 0 Å². The number of hydrogen-bond acceptors (Lipinski definition) is 5. The van der Waals surface area contributed by atoms with Crippen molar-refractivity contribution in [3.05, 3.63) is 70.1 Å². The fourth-order valence-electron chi connectivity index (χ4n) is 3.02. The molecule has 1 aliphatic carbocycles. The minimum Gasteiger partial charge on any atom is -0.354 e. The van der Waals surface area contributed by atoms with Crippen molar-refractivity contribution in [1.29, 1.82) is 0 Å². The molecule has 7 nitrogen and oxygen atoms in total. The second kappa shape index (κ2) is 8.80. The standard InChI is InChI=1S/C23H22ClN3O4S/c1-14-3-9-18(13-20(14)24)27-32(29,30)19-10-4-16(5-11-19)6-12-21-22(15(2)26-31-21)25-23(28)17-7-8-17/h3-6,9-13,17,27H,7-8H2,1-2H3,(H,25,28). The smallest absolute Gasteiger partial charge is 0.261 e. The van der Waals surface area contributed by atoms with Crippen molar-refractivity contribution in [3.63, 3.8) is 0 Å². The average molecular weight is 472 g/mol. The second-order valence-corrected chi connectivity index (χ2v) is 9.83. The molecule has 3 aromatic rings. The van der Waals surface area contributed by atoms with Crippen molar-refractivity contribution in [3.8, 4) is 0 Å². The Balaban J connectivity index is 1.47. The van der Waals surface area contributed by atoms with E-state index in [1.807, 2.05) is 6.92 Å². The Hall–Kier alpha value is -3.10. The maximum absolute atomic E-state index is 12.7. The molecule has 0 saturated heterocycles. The van der Waals surface area contributed by atoms with Gasteiger partial charge in [-0.3, -0.25) is 9.52 Å². The highest BCUT2D eigenvalue weighted by molar-refractivity contribution is 7.92. The molecule has 2 N–H and O–H groups in total. The lowest BCUT2D eigenvalue weighted by Crippen LogP contribution is -2.14. The van der Waals surface area contributed by atoms with Crippen LogP contribution in [0.5, 0.6) is 0 Å². The Morgan fingerprint density at radius 1 is 1.12 bits per heavy atom. The van der Waals surface area contributed by atoms with Gasteiger partial charge in [-0.05, 0) is 68.2 Å². The summed E-state index contributed by atoms with van der Waals surface area (Å²) in [6.45, 7) is 3.61. The first kappa shape index (κ1) is 22.1. The third kappa shape index (κ3) is 5.03. The lowest BCUT2D eigenvalue weighted by molar-refractivity contribution is -0.117. The van der Waals surface area contributed by atoms with Crippen LogP contribution in [0.15, 0.2) is 51.9 Å². The first-order valence-corrected chi connectivity index (χ1v) is 11.9. The van der Waals surface area contributed by atoms with Crippen LogP contribution in [-0.2, 0) is 14.8 Å². The Morgan fingerprint density at radius 3 is 2.50 bits per heavy atom. The van der Waals surface area contributed by atoms with Crippen LogP contribution >= 0.6 is 11.6 Å². The zero-order valence-electron chi connectivity index (χ0n) is 17.6. The van der Waals surface area contributed by atoms with Crippen molar-refractivity contribution >= 4 is 51.1 Å². The molecule has 32 heavy (non-hydrogen) atoms. The third-order valence-electron chi connectivity index (χ3n) is 5.13. The number of hydrogen-bond donors (Lipinski definition) is 2. The first-order chi connectivity index (χ1) is 15.2. The molecular formula is C23H22ClN3O4S. The van der Waals surface area contributed by atoms with Gasteiger partial charge in [-0.2, -0.15) is 0 Å². The van der Waals surface area contributed by atoms with Gasteiger partial charge in [0.05, 0.1) is 10.6 Å². The fourth-order valence-corrected chi connectivity index (χ4v) is 4.25. The first-order valence-electron chi connectivity index (χ1n) is 10.1. The summed E-state index contributed by atoms with van der Waals surface area (Å²) in [6, 6.07) is 11.4. The van der Waals surface area contributed by atoms with Gasteiger partial charge in [0, 0.05) is 10.9 Å². The van der Waals surface area contributed by atoms with Gasteiger partial charge in [0.2, 0.25) is 5.91 Å². The molecule has 9 heteroatoms. The predicted molar refractivity (Wildman–Crippen MR) is 125 cm³/mol. The molecule has 4 rings (SSSR count). The van der Waals surface area contributed by atoms with E-state index in [1.165, 1.54) is 12.1 Å². The molecular weight excluding hydrogens is 450 g/mol. The van der Waals surface area contributed by atoms with E-state index in [4.69, 9.17) is 16.1 Å². The van der Waals surface area contributed by atoms with E-state index >= 15 is 0 Å². The van der Waals surface area contributed by atoms with E-state index in [9.17, 15) is 13.2 Å². The topological polar surface area (TPSA) is 101 Å². The SMILES string of the molecule is Cc1ccc(NS(=O)(=O)c2ccc(C=Cc3onc(C)c3NC(=O)C3CC3)cc2)cc1Cl. The van der Waals surface area contributed by atoms with E-state index in [0.29, 0.717) is 27.9 Å². The number of nitrogens with one attached hydrogen (secondary N) is 2. The lowest BCUT2D eigenvalue weighted by Gasteiger charge is -2.09. The quantitative estimate of drug-likeness (QED) is 0.489. The number of carbonyl (C=O) groups is 1. The average Bonchev–Trinajstić information content (AvgIpc) is 3.55. The van der Waals surface area contributed by atoms with Crippen LogP contribution in [0.2, 0.25) is 5.02 Å². The number of aryl methyl sites for hydroxylation is 2. The van der Waals surface area contributed by atoms with Gasteiger partial charge < -0.3 is 9.84 Å². The molecule has 1 amide bonds. The van der Waals surface area contributed by atoms with Crippen molar-refractivity contribution in [2.45, 2.75) is 31.6 Å². The van der Waals surface area contributed by atoms with Gasteiger partial charge in [-0.15, -0.1) is 0 Å². The van der Waals surface area contributed by atoms with E-state index in [-0.39, 0.29) is 16.7 Å². The van der Waals surface area contributed by atoms with Gasteiger partial charge in [-0.1, -0.05) is 41.0 Å². The highest BCUT2D eigenvalue weighted by Crippen LogP contribution is 2.32. The van der Waals surface area contributed by atoms with Crippen LogP contribution < -0.4 is 10.0 Å². The molecule has 1 aliphatic rings. The molecule has 0 bridgehead atoms. The summed E-state index contributed by atoms with van der Waals surface area (Å²) in [5.41, 5.74) is 3.17. The number of aromatic nitrogens is 1. The molecule has 0 spiro atoms. The Morgan fingerprint density at radius 2 is 1.84 bits per heavy atom. The number of carbonyl (C=O) groups excluding carboxylic acids is 1. The van der Waals surface area contributed by atoms with Gasteiger partial charge in [0.1, 0.15) is 11.4 Å². The normalized spacial score (nSPS) is 14.0. The highest BCUT2D eigenvalue weighted by atomic mass is 35.5. The number of anilines is 2. The van der Waals surface area contributed by atoms with E-state index in [1.54, 1.807) is 49.4 Å². The third-order valence-corrected chi connectivity index (χ3v) is 6.93. The minimum absolute atomic E-state index is 0.0251. The van der Waals surface area contributed by atoms with Crippen molar-refractivity contribution in [1.82, 2.24) is 5.16 Å². The summed E-state index contributed by atoms with van der Waals surface area (Å²) < 4.78 is 33.2. The predicted octanol–water partition coefficient (Wildman–Crippen LogP) is 5.26. The maximum Gasteiger partial charge on any atom is 0.261 e. The molecule has 2 aromatic carbocycles. The van der Waals surface area contributed by atoms with Gasteiger partial charge in [0.15, 0.2) is 5.76 Å². The molecule has 1 fully saturated rings. The van der Waals surface area contributed by atoms with Crippen LogP contribution in [-0.4, -0.2) is 19.5 Å². The van der Waals surface area contributed by atoms with Crippen molar-refractivity contribution in [2.75, 3.05) is 10.0 Å². The summed E-state index contributed by atoms with van der Waals surface area (Å²) in [5.74, 6) is 0.481. The molecule has 1 heterocycles. The Bertz CT molecular complexity index is 1290. The minimum atomic E-state index is -3.75. The second-order valence-electron chi connectivity index (χ2n) is 7.74. The number of amides is 1. The van der Waals surface area contributed by atoms with Crippen LogP contribution in [0.4, 0.5) is 11.4 Å². The van der Waals surface area contributed by atoms with E-state index < -0.39 is 10.0 Å². The number of benzene rings is 2. The number of nitrogens with zero attached hydrogens (tertiary/aromatic N) is 1. The Kier molecular flexibility index (Phi) is 6.08. The monoisotopic (exact) mass is 471 g/mol. The van der Waals surface area contributed by atoms with E-state index in [2.05, 4.69) is 15.2 Å². The van der Waals surface area contributed by atoms with Gasteiger partial charge in [0.25, 0.3) is 10.0 Å². The Labute approximate surface area is 191 Å². The molecule has 0 unspecified atom stereocenters. The zero-order chi connectivity index (χ0) is 22.9. The molecule has 0 atom stereocenters. The van der Waals surface area contributed by atoms with Crippen LogP contribution in [0.3, 0.4) is 0 Å². The lowest BCUT2D eigenvalue weighted by atomic mass is 10.2. The number of halogens is 1. The van der Waals surface area contributed by atoms with Crippen LogP contribution in [0.1, 0.15) is 35.4 Å². The van der Waals surface area contributed by atoms with Crippen molar-refractivity contribution < 1.29 is 17.7 Å². The number of rotatable bonds is 7. The largest absolute Gasteiger partial charge is 0.354 e. The summed E-state index contributed by atoms with van der Waals surface area (Å²) in [5, 5.41) is 7.28. The summed E-state index contributed by atoms with van der Waals surface area (Å²) >= 11 is 6.08. The number of sulfonamides is 1. The maximum atomic E-state index is 12.7. The fraction of sp³-hybridized carbons (Fsp3) is 0.217. The molecule has 0 aliphatic heterocycles. The summed E-state index contributed by atoms with van der Waals surface area (Å²) in [6.07, 6.45) is 5.26. The molecule has 1 aromatic heterocycles. The molecule has 166 valence electrons. The van der Waals surface area contributed by atoms with Crippen LogP contribution in [0, 0.1) is 19.8 Å². The molecule has 1 saturated carbocycles. The van der Waals surface area contributed by atoms with Crippen LogP contribution in [0.25, 0.3) is 12.2 Å². The van der Waals surface area contributed by atoms with Gasteiger partial charge in [-0.25, -0.2) is 8.42 Å². The van der Waals surface area contributed by atoms with Crippen molar-refractivity contribution in [2.24, 2.45) is 5.92 Å². The zero-order valence-corrected chi connectivity index (χ0v) is 19.1. The van der Waals surface area contributed by atoms with E-state index in [0.717, 1.165) is 24.0 Å². The summed E-state index contributed by atoms with van der Waals surface area (Å²) in [7, 11) is -3.75. The summed E-state index contributed by atoms with van der Waals surface area (Å²) in [4.78, 5) is 12.2. The highest BCUT2D eigenvalue weighted by Gasteiger charge is 2.30.